The van der Waals surface area contributed by atoms with E-state index in [4.69, 9.17) is 14.2 Å². The number of hydrogen-bond donors (Lipinski definition) is 0. The van der Waals surface area contributed by atoms with Crippen molar-refractivity contribution < 1.29 is 19.0 Å². The van der Waals surface area contributed by atoms with E-state index in [9.17, 15) is 4.79 Å². The van der Waals surface area contributed by atoms with Crippen molar-refractivity contribution >= 4 is 27.5 Å². The Hall–Kier alpha value is -3.06. The molecule has 6 nitrogen and oxygen atoms in total. The van der Waals surface area contributed by atoms with Crippen molar-refractivity contribution in [3.05, 3.63) is 59.4 Å². The molecule has 1 aromatic heterocycles. The van der Waals surface area contributed by atoms with Crippen LogP contribution >= 0.6 is 11.3 Å². The second kappa shape index (κ2) is 7.28. The number of allylic oxidation sites excluding steroid dienone is 1. The van der Waals surface area contributed by atoms with Crippen molar-refractivity contribution in [2.45, 2.75) is 6.54 Å². The van der Waals surface area contributed by atoms with Crippen molar-refractivity contribution in [3.63, 3.8) is 0 Å². The Balaban J connectivity index is 1.81. The van der Waals surface area contributed by atoms with Gasteiger partial charge in [0.15, 0.2) is 16.3 Å². The van der Waals surface area contributed by atoms with Gasteiger partial charge in [0.2, 0.25) is 0 Å². The van der Waals surface area contributed by atoms with Gasteiger partial charge in [0.25, 0.3) is 5.91 Å². The molecule has 0 atom stereocenters. The maximum Gasteiger partial charge on any atom is 0.279 e. The first kappa shape index (κ1) is 17.4. The van der Waals surface area contributed by atoms with Crippen LogP contribution in [0.4, 0.5) is 0 Å². The molecule has 0 N–H and O–H groups in total. The second-order valence-corrected chi connectivity index (χ2v) is 6.88. The molecule has 27 heavy (non-hydrogen) atoms. The van der Waals surface area contributed by atoms with Gasteiger partial charge in [-0.1, -0.05) is 23.5 Å². The van der Waals surface area contributed by atoms with Gasteiger partial charge in [-0.2, -0.15) is 4.99 Å². The maximum atomic E-state index is 12.8. The predicted octanol–water partition coefficient (Wildman–Crippen LogP) is 3.41. The van der Waals surface area contributed by atoms with Crippen LogP contribution in [0, 0.1) is 0 Å². The minimum atomic E-state index is -0.338. The van der Waals surface area contributed by atoms with E-state index in [1.54, 1.807) is 31.4 Å². The molecular weight excluding hydrogens is 364 g/mol. The number of methoxy groups -OCH3 is 1. The summed E-state index contributed by atoms with van der Waals surface area (Å²) in [5.74, 6) is 1.61. The summed E-state index contributed by atoms with van der Waals surface area (Å²) in [4.78, 5) is 17.7. The second-order valence-electron chi connectivity index (χ2n) is 5.87. The minimum absolute atomic E-state index is 0.338. The van der Waals surface area contributed by atoms with Gasteiger partial charge in [0, 0.05) is 12.1 Å². The molecule has 2 aromatic carbocycles. The molecule has 0 saturated carbocycles. The number of rotatable bonds is 4. The van der Waals surface area contributed by atoms with Crippen LogP contribution in [0.25, 0.3) is 10.2 Å². The van der Waals surface area contributed by atoms with Crippen LogP contribution in [0.15, 0.2) is 54.0 Å². The van der Waals surface area contributed by atoms with Crippen molar-refractivity contribution in [2.75, 3.05) is 20.3 Å². The molecule has 1 amide bonds. The summed E-state index contributed by atoms with van der Waals surface area (Å²) in [5, 5.41) is 0. The van der Waals surface area contributed by atoms with Crippen LogP contribution in [0.1, 0.15) is 10.4 Å². The first-order valence-corrected chi connectivity index (χ1v) is 9.29. The molecule has 0 aliphatic carbocycles. The van der Waals surface area contributed by atoms with Crippen molar-refractivity contribution in [1.29, 1.82) is 0 Å². The number of hydrogen-bond acceptors (Lipinski definition) is 5. The van der Waals surface area contributed by atoms with E-state index in [1.807, 2.05) is 22.8 Å². The molecule has 3 aromatic rings. The van der Waals surface area contributed by atoms with E-state index in [2.05, 4.69) is 11.6 Å². The molecule has 138 valence electrons. The molecule has 0 fully saturated rings. The molecule has 0 bridgehead atoms. The minimum Gasteiger partial charge on any atom is -0.495 e. The molecule has 7 heteroatoms. The Morgan fingerprint density at radius 3 is 2.89 bits per heavy atom. The quantitative estimate of drug-likeness (QED) is 0.649. The fraction of sp³-hybridized carbons (Fsp3) is 0.200. The molecule has 1 aliphatic heterocycles. The summed E-state index contributed by atoms with van der Waals surface area (Å²) in [6, 6.07) is 10.9. The van der Waals surface area contributed by atoms with Crippen LogP contribution in [-0.4, -0.2) is 30.8 Å². The molecule has 0 unspecified atom stereocenters. The van der Waals surface area contributed by atoms with Crippen LogP contribution in [0.3, 0.4) is 0 Å². The molecule has 4 rings (SSSR count). The Morgan fingerprint density at radius 1 is 1.30 bits per heavy atom. The van der Waals surface area contributed by atoms with E-state index >= 15 is 0 Å². The zero-order valence-electron chi connectivity index (χ0n) is 14.8. The van der Waals surface area contributed by atoms with Gasteiger partial charge in [-0.25, -0.2) is 0 Å². The summed E-state index contributed by atoms with van der Waals surface area (Å²) >= 11 is 1.44. The van der Waals surface area contributed by atoms with E-state index < -0.39 is 0 Å². The normalized spacial score (nSPS) is 13.6. The van der Waals surface area contributed by atoms with Gasteiger partial charge >= 0.3 is 0 Å². The van der Waals surface area contributed by atoms with Crippen LogP contribution < -0.4 is 19.0 Å². The van der Waals surface area contributed by atoms with Crippen LogP contribution in [0.5, 0.6) is 17.2 Å². The Labute approximate surface area is 159 Å². The lowest BCUT2D eigenvalue weighted by Crippen LogP contribution is -2.17. The molecule has 2 heterocycles. The van der Waals surface area contributed by atoms with Gasteiger partial charge in [-0.05, 0) is 30.3 Å². The largest absolute Gasteiger partial charge is 0.495 e. The van der Waals surface area contributed by atoms with Crippen molar-refractivity contribution in [1.82, 2.24) is 4.57 Å². The van der Waals surface area contributed by atoms with E-state index in [1.165, 1.54) is 11.3 Å². The highest BCUT2D eigenvalue weighted by atomic mass is 32.1. The summed E-state index contributed by atoms with van der Waals surface area (Å²) < 4.78 is 19.4. The predicted molar refractivity (Wildman–Crippen MR) is 104 cm³/mol. The number of fused-ring (bicyclic) bond motifs is 2. The van der Waals surface area contributed by atoms with E-state index in [-0.39, 0.29) is 5.91 Å². The number of para-hydroxylation sites is 1. The third kappa shape index (κ3) is 3.21. The number of ether oxygens (including phenoxy) is 3. The molecule has 0 spiro atoms. The van der Waals surface area contributed by atoms with Crippen LogP contribution in [0.2, 0.25) is 0 Å². The number of carbonyl (C=O) groups excluding carboxylic acids is 1. The van der Waals surface area contributed by atoms with Crippen LogP contribution in [-0.2, 0) is 6.54 Å². The average molecular weight is 382 g/mol. The third-order valence-electron chi connectivity index (χ3n) is 4.18. The number of amides is 1. The first-order chi connectivity index (χ1) is 13.2. The standard InChI is InChI=1S/C20H18N2O4S/c1-3-9-22-18-15(24-2)5-4-6-17(18)27-20(22)21-19(23)13-7-8-14-16(12-13)26-11-10-25-14/h3-8,12H,1,9-11H2,2H3. The molecule has 0 saturated heterocycles. The molecule has 0 radical (unpaired) electrons. The van der Waals surface area contributed by atoms with Crippen molar-refractivity contribution in [3.8, 4) is 17.2 Å². The van der Waals surface area contributed by atoms with Gasteiger partial charge in [0.1, 0.15) is 24.5 Å². The summed E-state index contributed by atoms with van der Waals surface area (Å²) in [6.45, 7) is 5.31. The third-order valence-corrected chi connectivity index (χ3v) is 5.23. The fourth-order valence-electron chi connectivity index (χ4n) is 2.97. The highest BCUT2D eigenvalue weighted by Crippen LogP contribution is 2.31. The lowest BCUT2D eigenvalue weighted by molar-refractivity contribution is 0.0996. The van der Waals surface area contributed by atoms with Crippen molar-refractivity contribution in [2.24, 2.45) is 4.99 Å². The molecular formula is C20H18N2O4S. The Morgan fingerprint density at radius 2 is 2.11 bits per heavy atom. The number of aromatic nitrogens is 1. The topological polar surface area (TPSA) is 62.1 Å². The highest BCUT2D eigenvalue weighted by molar-refractivity contribution is 7.16. The zero-order chi connectivity index (χ0) is 18.8. The smallest absolute Gasteiger partial charge is 0.279 e. The van der Waals surface area contributed by atoms with Gasteiger partial charge in [-0.15, -0.1) is 6.58 Å². The first-order valence-electron chi connectivity index (χ1n) is 8.47. The lowest BCUT2D eigenvalue weighted by Gasteiger charge is -2.18. The SMILES string of the molecule is C=CCn1c(=NC(=O)c2ccc3c(c2)OCCO3)sc2cccc(OC)c21. The zero-order valence-corrected chi connectivity index (χ0v) is 15.6. The highest BCUT2D eigenvalue weighted by Gasteiger charge is 2.16. The van der Waals surface area contributed by atoms with Gasteiger partial charge in [-0.3, -0.25) is 4.79 Å². The maximum absolute atomic E-state index is 12.8. The Kier molecular flexibility index (Phi) is 4.68. The van der Waals surface area contributed by atoms with E-state index in [0.29, 0.717) is 41.6 Å². The number of thiazole rings is 1. The van der Waals surface area contributed by atoms with E-state index in [0.717, 1.165) is 16.0 Å². The summed E-state index contributed by atoms with van der Waals surface area (Å²) in [5.41, 5.74) is 1.35. The summed E-state index contributed by atoms with van der Waals surface area (Å²) in [6.07, 6.45) is 1.77. The molecule has 1 aliphatic rings. The number of nitrogens with zero attached hydrogens (tertiary/aromatic N) is 2. The average Bonchev–Trinajstić information content (AvgIpc) is 3.05. The lowest BCUT2D eigenvalue weighted by atomic mass is 10.2. The number of benzene rings is 2. The summed E-state index contributed by atoms with van der Waals surface area (Å²) in [7, 11) is 1.63. The van der Waals surface area contributed by atoms with Gasteiger partial charge in [0.05, 0.1) is 11.8 Å². The van der Waals surface area contributed by atoms with Gasteiger partial charge < -0.3 is 18.8 Å². The Bertz CT molecular complexity index is 1100. The number of carbonyl (C=O) groups is 1. The monoisotopic (exact) mass is 382 g/mol. The fourth-order valence-corrected chi connectivity index (χ4v) is 4.03.